The maximum absolute atomic E-state index is 12.0. The van der Waals surface area contributed by atoms with Gasteiger partial charge in [0, 0.05) is 6.07 Å². The molecule has 0 saturated heterocycles. The number of rotatable bonds is 3. The first-order valence-corrected chi connectivity index (χ1v) is 5.48. The molecular formula is C14H13N2O2. The predicted molar refractivity (Wildman–Crippen MR) is 70.2 cm³/mol. The maximum atomic E-state index is 12.0. The van der Waals surface area contributed by atoms with Gasteiger partial charge in [0.15, 0.2) is 0 Å². The molecule has 0 aliphatic rings. The van der Waals surface area contributed by atoms with Gasteiger partial charge in [-0.2, -0.15) is 5.06 Å². The number of hydrogen-bond donors (Lipinski definition) is 1. The third-order valence-corrected chi connectivity index (χ3v) is 2.31. The van der Waals surface area contributed by atoms with Crippen LogP contribution in [-0.4, -0.2) is 13.1 Å². The Balaban J connectivity index is 2.12. The lowest BCUT2D eigenvalue weighted by Crippen LogP contribution is -2.33. The van der Waals surface area contributed by atoms with Crippen LogP contribution in [0, 0.1) is 6.07 Å². The topological polar surface area (TPSA) is 41.6 Å². The van der Waals surface area contributed by atoms with Crippen molar-refractivity contribution in [2.45, 2.75) is 0 Å². The van der Waals surface area contributed by atoms with Crippen LogP contribution in [0.5, 0.6) is 0 Å². The van der Waals surface area contributed by atoms with Crippen LogP contribution in [0.4, 0.5) is 16.2 Å². The van der Waals surface area contributed by atoms with Crippen LogP contribution >= 0.6 is 0 Å². The van der Waals surface area contributed by atoms with Crippen molar-refractivity contribution in [3.63, 3.8) is 0 Å². The van der Waals surface area contributed by atoms with Gasteiger partial charge in [-0.3, -0.25) is 4.84 Å². The lowest BCUT2D eigenvalue weighted by atomic mass is 10.3. The molecule has 2 rings (SSSR count). The van der Waals surface area contributed by atoms with E-state index in [0.717, 1.165) is 0 Å². The number of hydrogen-bond acceptors (Lipinski definition) is 2. The first-order valence-electron chi connectivity index (χ1n) is 5.48. The van der Waals surface area contributed by atoms with Crippen molar-refractivity contribution in [2.75, 3.05) is 17.5 Å². The summed E-state index contributed by atoms with van der Waals surface area (Å²) in [4.78, 5) is 17.1. The first kappa shape index (κ1) is 12.1. The molecule has 0 aliphatic heterocycles. The van der Waals surface area contributed by atoms with Gasteiger partial charge in [0.25, 0.3) is 0 Å². The summed E-state index contributed by atoms with van der Waals surface area (Å²) in [6, 6.07) is 18.8. The van der Waals surface area contributed by atoms with Crippen molar-refractivity contribution >= 4 is 17.4 Å². The number of carbonyl (C=O) groups excluding carboxylic acids is 1. The number of hydroxylamine groups is 1. The maximum Gasteiger partial charge on any atom is 0.350 e. The minimum absolute atomic E-state index is 0.369. The molecule has 2 aromatic carbocycles. The zero-order chi connectivity index (χ0) is 12.8. The van der Waals surface area contributed by atoms with Gasteiger partial charge in [-0.05, 0) is 18.2 Å². The van der Waals surface area contributed by atoms with Gasteiger partial charge in [0.2, 0.25) is 0 Å². The van der Waals surface area contributed by atoms with Gasteiger partial charge in [-0.1, -0.05) is 36.4 Å². The summed E-state index contributed by atoms with van der Waals surface area (Å²) in [7, 11) is 1.45. The van der Waals surface area contributed by atoms with Gasteiger partial charge in [-0.25, -0.2) is 4.79 Å². The van der Waals surface area contributed by atoms with E-state index in [9.17, 15) is 4.79 Å². The number of anilines is 2. The summed E-state index contributed by atoms with van der Waals surface area (Å²) in [5.74, 6) is 0. The standard InChI is InChI=1S/C14H13N2O2/c1-18-16(13-10-6-3-7-11-13)14(17)15-12-8-4-2-5-9-12/h2-8,10-11H,1H3,(H,15,17). The second-order valence-electron chi connectivity index (χ2n) is 3.52. The third-order valence-electron chi connectivity index (χ3n) is 2.31. The molecule has 0 aromatic heterocycles. The molecule has 0 atom stereocenters. The molecule has 2 aromatic rings. The summed E-state index contributed by atoms with van der Waals surface area (Å²) in [6.45, 7) is 0. The Morgan fingerprint density at radius 2 is 1.89 bits per heavy atom. The van der Waals surface area contributed by atoms with Crippen molar-refractivity contribution in [1.82, 2.24) is 0 Å². The van der Waals surface area contributed by atoms with Crippen LogP contribution in [-0.2, 0) is 4.84 Å². The Morgan fingerprint density at radius 3 is 2.50 bits per heavy atom. The second kappa shape index (κ2) is 5.84. The Hall–Kier alpha value is -2.33. The number of nitrogens with one attached hydrogen (secondary N) is 1. The molecule has 1 radical (unpaired) electrons. The average molecular weight is 241 g/mol. The molecule has 0 aliphatic carbocycles. The molecule has 0 heterocycles. The molecule has 18 heavy (non-hydrogen) atoms. The first-order chi connectivity index (χ1) is 8.81. The van der Waals surface area contributed by atoms with Crippen LogP contribution in [0.2, 0.25) is 0 Å². The second-order valence-corrected chi connectivity index (χ2v) is 3.52. The third kappa shape index (κ3) is 2.87. The zero-order valence-electron chi connectivity index (χ0n) is 9.96. The molecule has 1 N–H and O–H groups in total. The smallest absolute Gasteiger partial charge is 0.305 e. The molecule has 91 valence electrons. The molecule has 0 fully saturated rings. The molecule has 0 bridgehead atoms. The van der Waals surface area contributed by atoms with Gasteiger partial charge in [0.05, 0.1) is 18.5 Å². The van der Waals surface area contributed by atoms with Crippen molar-refractivity contribution < 1.29 is 9.63 Å². The van der Waals surface area contributed by atoms with Crippen LogP contribution in [0.25, 0.3) is 0 Å². The lowest BCUT2D eigenvalue weighted by Gasteiger charge is -2.19. The minimum Gasteiger partial charge on any atom is -0.305 e. The van der Waals surface area contributed by atoms with Crippen LogP contribution in [0.3, 0.4) is 0 Å². The predicted octanol–water partition coefficient (Wildman–Crippen LogP) is 3.09. The fourth-order valence-electron chi connectivity index (χ4n) is 1.51. The van der Waals surface area contributed by atoms with E-state index in [-0.39, 0.29) is 6.03 Å². The van der Waals surface area contributed by atoms with Crippen molar-refractivity contribution in [3.05, 3.63) is 60.7 Å². The monoisotopic (exact) mass is 241 g/mol. The number of benzene rings is 2. The fraction of sp³-hybridized carbons (Fsp3) is 0.0714. The van der Waals surface area contributed by atoms with Gasteiger partial charge in [0.1, 0.15) is 0 Å². The highest BCUT2D eigenvalue weighted by Crippen LogP contribution is 2.15. The van der Waals surface area contributed by atoms with Crippen LogP contribution in [0.15, 0.2) is 54.6 Å². The summed E-state index contributed by atoms with van der Waals surface area (Å²) in [5, 5.41) is 3.88. The zero-order valence-corrected chi connectivity index (χ0v) is 9.96. The van der Waals surface area contributed by atoms with Crippen molar-refractivity contribution in [3.8, 4) is 0 Å². The highest BCUT2D eigenvalue weighted by Gasteiger charge is 2.15. The van der Waals surface area contributed by atoms with E-state index in [0.29, 0.717) is 11.4 Å². The summed E-state index contributed by atoms with van der Waals surface area (Å²) >= 11 is 0. The SMILES string of the molecule is CON(C(=O)Nc1[c]cccc1)c1ccccc1. The largest absolute Gasteiger partial charge is 0.350 e. The summed E-state index contributed by atoms with van der Waals surface area (Å²) in [5.41, 5.74) is 1.26. The fourth-order valence-corrected chi connectivity index (χ4v) is 1.51. The van der Waals surface area contributed by atoms with E-state index in [2.05, 4.69) is 11.4 Å². The lowest BCUT2D eigenvalue weighted by molar-refractivity contribution is 0.171. The van der Waals surface area contributed by atoms with E-state index in [1.54, 1.807) is 24.3 Å². The van der Waals surface area contributed by atoms with Gasteiger partial charge < -0.3 is 5.32 Å². The molecule has 0 unspecified atom stereocenters. The molecule has 2 amide bonds. The highest BCUT2D eigenvalue weighted by molar-refractivity contribution is 6.00. The normalized spacial score (nSPS) is 9.83. The minimum atomic E-state index is -0.369. The molecule has 4 nitrogen and oxygen atoms in total. The van der Waals surface area contributed by atoms with E-state index in [1.165, 1.54) is 12.2 Å². The van der Waals surface area contributed by atoms with E-state index in [1.807, 2.05) is 30.3 Å². The Labute approximate surface area is 106 Å². The van der Waals surface area contributed by atoms with Gasteiger partial charge >= 0.3 is 6.03 Å². The van der Waals surface area contributed by atoms with E-state index < -0.39 is 0 Å². The number of urea groups is 1. The Kier molecular flexibility index (Phi) is 3.94. The summed E-state index contributed by atoms with van der Waals surface area (Å²) in [6.07, 6.45) is 0. The number of para-hydroxylation sites is 2. The Morgan fingerprint density at radius 1 is 1.17 bits per heavy atom. The van der Waals surface area contributed by atoms with E-state index >= 15 is 0 Å². The molecule has 0 spiro atoms. The molecule has 0 saturated carbocycles. The Bertz CT molecular complexity index is 500. The molecular weight excluding hydrogens is 228 g/mol. The highest BCUT2D eigenvalue weighted by atomic mass is 16.7. The van der Waals surface area contributed by atoms with Crippen LogP contribution < -0.4 is 10.4 Å². The van der Waals surface area contributed by atoms with Crippen LogP contribution in [0.1, 0.15) is 0 Å². The number of amides is 2. The molecule has 4 heteroatoms. The average Bonchev–Trinajstić information content (AvgIpc) is 2.42. The summed E-state index contributed by atoms with van der Waals surface area (Å²) < 4.78 is 0. The van der Waals surface area contributed by atoms with Gasteiger partial charge in [-0.15, -0.1) is 0 Å². The quantitative estimate of drug-likeness (QED) is 0.839. The number of carbonyl (C=O) groups is 1. The van der Waals surface area contributed by atoms with E-state index in [4.69, 9.17) is 4.84 Å². The number of nitrogens with zero attached hydrogens (tertiary/aromatic N) is 1. The van der Waals surface area contributed by atoms with Crippen molar-refractivity contribution in [1.29, 1.82) is 0 Å². The van der Waals surface area contributed by atoms with Crippen molar-refractivity contribution in [2.24, 2.45) is 0 Å².